The second-order valence-corrected chi connectivity index (χ2v) is 6.04. The number of hydrogen-bond donors (Lipinski definition) is 2. The van der Waals surface area contributed by atoms with Gasteiger partial charge in [-0.1, -0.05) is 32.4 Å². The maximum atomic E-state index is 12.1. The van der Waals surface area contributed by atoms with Crippen LogP contribution >= 0.6 is 11.6 Å². The zero-order valence-electron chi connectivity index (χ0n) is 12.7. The van der Waals surface area contributed by atoms with E-state index in [2.05, 4.69) is 10.6 Å². The van der Waals surface area contributed by atoms with Crippen LogP contribution in [-0.2, 0) is 4.79 Å². The Balaban J connectivity index is 2.52. The van der Waals surface area contributed by atoms with Gasteiger partial charge in [-0.3, -0.25) is 9.59 Å². The summed E-state index contributed by atoms with van der Waals surface area (Å²) in [6.45, 7) is 6.19. The lowest BCUT2D eigenvalue weighted by atomic mass is 9.96. The topological polar surface area (TPSA) is 67.4 Å². The summed E-state index contributed by atoms with van der Waals surface area (Å²) in [6.07, 6.45) is 0. The Bertz CT molecular complexity index is 524. The van der Waals surface area contributed by atoms with Crippen LogP contribution in [0.4, 0.5) is 0 Å². The van der Waals surface area contributed by atoms with Crippen molar-refractivity contribution in [2.24, 2.45) is 5.41 Å². The van der Waals surface area contributed by atoms with Crippen molar-refractivity contribution in [3.05, 3.63) is 28.8 Å². The van der Waals surface area contributed by atoms with E-state index in [4.69, 9.17) is 16.3 Å². The summed E-state index contributed by atoms with van der Waals surface area (Å²) < 4.78 is 5.12. The van der Waals surface area contributed by atoms with Crippen LogP contribution in [0.25, 0.3) is 0 Å². The van der Waals surface area contributed by atoms with Crippen molar-refractivity contribution in [2.45, 2.75) is 20.8 Å². The van der Waals surface area contributed by atoms with Crippen molar-refractivity contribution in [3.63, 3.8) is 0 Å². The van der Waals surface area contributed by atoms with E-state index in [9.17, 15) is 9.59 Å². The van der Waals surface area contributed by atoms with Gasteiger partial charge in [0.15, 0.2) is 0 Å². The molecular formula is C15H21ClN2O3. The highest BCUT2D eigenvalue weighted by Crippen LogP contribution is 2.22. The molecule has 5 nitrogen and oxygen atoms in total. The predicted octanol–water partition coefficient (Wildman–Crippen LogP) is 2.24. The van der Waals surface area contributed by atoms with Gasteiger partial charge in [0.2, 0.25) is 5.91 Å². The molecule has 0 atom stereocenters. The number of benzene rings is 1. The van der Waals surface area contributed by atoms with Gasteiger partial charge in [0.25, 0.3) is 5.91 Å². The minimum absolute atomic E-state index is 0.0583. The van der Waals surface area contributed by atoms with Crippen LogP contribution in [0.2, 0.25) is 5.02 Å². The first-order valence-electron chi connectivity index (χ1n) is 6.65. The molecule has 0 unspecified atom stereocenters. The molecule has 2 amide bonds. The Labute approximate surface area is 130 Å². The highest BCUT2D eigenvalue weighted by Gasteiger charge is 2.20. The van der Waals surface area contributed by atoms with E-state index in [1.807, 2.05) is 20.8 Å². The summed E-state index contributed by atoms with van der Waals surface area (Å²) in [5.74, 6) is 0.104. The van der Waals surface area contributed by atoms with Gasteiger partial charge < -0.3 is 15.4 Å². The van der Waals surface area contributed by atoms with Gasteiger partial charge in [0.05, 0.1) is 12.7 Å². The van der Waals surface area contributed by atoms with Gasteiger partial charge >= 0.3 is 0 Å². The molecule has 0 aliphatic heterocycles. The third kappa shape index (κ3) is 5.27. The summed E-state index contributed by atoms with van der Waals surface area (Å²) in [4.78, 5) is 23.7. The van der Waals surface area contributed by atoms with E-state index in [0.717, 1.165) is 0 Å². The number of rotatable bonds is 5. The molecule has 1 aromatic carbocycles. The van der Waals surface area contributed by atoms with Gasteiger partial charge in [0.1, 0.15) is 5.75 Å². The summed E-state index contributed by atoms with van der Waals surface area (Å²) in [6, 6.07) is 4.84. The quantitative estimate of drug-likeness (QED) is 0.819. The van der Waals surface area contributed by atoms with E-state index in [0.29, 0.717) is 29.4 Å². The van der Waals surface area contributed by atoms with Crippen molar-refractivity contribution in [3.8, 4) is 5.75 Å². The maximum Gasteiger partial charge on any atom is 0.255 e. The molecule has 0 aliphatic carbocycles. The fourth-order valence-corrected chi connectivity index (χ4v) is 1.74. The minimum Gasteiger partial charge on any atom is -0.496 e. The average molecular weight is 313 g/mol. The zero-order chi connectivity index (χ0) is 16.0. The largest absolute Gasteiger partial charge is 0.496 e. The fourth-order valence-electron chi connectivity index (χ4n) is 1.57. The van der Waals surface area contributed by atoms with Crippen LogP contribution in [0.5, 0.6) is 5.75 Å². The molecule has 0 bridgehead atoms. The smallest absolute Gasteiger partial charge is 0.255 e. The van der Waals surface area contributed by atoms with Gasteiger partial charge in [-0.05, 0) is 18.2 Å². The third-order valence-electron chi connectivity index (χ3n) is 2.78. The fraction of sp³-hybridized carbons (Fsp3) is 0.467. The zero-order valence-corrected chi connectivity index (χ0v) is 13.5. The number of carbonyl (C=O) groups excluding carboxylic acids is 2. The van der Waals surface area contributed by atoms with Crippen molar-refractivity contribution < 1.29 is 14.3 Å². The number of amides is 2. The first kappa shape index (κ1) is 17.3. The van der Waals surface area contributed by atoms with E-state index in [-0.39, 0.29) is 11.8 Å². The van der Waals surface area contributed by atoms with Crippen LogP contribution < -0.4 is 15.4 Å². The van der Waals surface area contributed by atoms with E-state index < -0.39 is 5.41 Å². The SMILES string of the molecule is COc1ccc(Cl)cc1C(=O)NCCNC(=O)C(C)(C)C. The predicted molar refractivity (Wildman–Crippen MR) is 82.8 cm³/mol. The van der Waals surface area contributed by atoms with E-state index >= 15 is 0 Å². The van der Waals surface area contributed by atoms with Crippen molar-refractivity contribution >= 4 is 23.4 Å². The van der Waals surface area contributed by atoms with Crippen molar-refractivity contribution in [1.82, 2.24) is 10.6 Å². The Hall–Kier alpha value is -1.75. The molecule has 0 saturated heterocycles. The molecule has 6 heteroatoms. The Morgan fingerprint density at radius 1 is 1.19 bits per heavy atom. The molecule has 0 spiro atoms. The average Bonchev–Trinajstić information content (AvgIpc) is 2.41. The summed E-state index contributed by atoms with van der Waals surface area (Å²) >= 11 is 5.88. The standard InChI is InChI=1S/C15H21ClN2O3/c1-15(2,3)14(20)18-8-7-17-13(19)11-9-10(16)5-6-12(11)21-4/h5-6,9H,7-8H2,1-4H3,(H,17,19)(H,18,20). The summed E-state index contributed by atoms with van der Waals surface area (Å²) in [5.41, 5.74) is -0.0765. The highest BCUT2D eigenvalue weighted by molar-refractivity contribution is 6.31. The molecule has 21 heavy (non-hydrogen) atoms. The number of hydrogen-bond acceptors (Lipinski definition) is 3. The van der Waals surface area contributed by atoms with Gasteiger partial charge in [0, 0.05) is 23.5 Å². The lowest BCUT2D eigenvalue weighted by Gasteiger charge is -2.17. The Morgan fingerprint density at radius 2 is 1.81 bits per heavy atom. The van der Waals surface area contributed by atoms with Crippen LogP contribution in [0.1, 0.15) is 31.1 Å². The van der Waals surface area contributed by atoms with E-state index in [1.54, 1.807) is 18.2 Å². The lowest BCUT2D eigenvalue weighted by molar-refractivity contribution is -0.128. The van der Waals surface area contributed by atoms with Crippen molar-refractivity contribution in [2.75, 3.05) is 20.2 Å². The molecular weight excluding hydrogens is 292 g/mol. The lowest BCUT2D eigenvalue weighted by Crippen LogP contribution is -2.39. The number of halogens is 1. The molecule has 1 rings (SSSR count). The van der Waals surface area contributed by atoms with Crippen LogP contribution in [0.3, 0.4) is 0 Å². The van der Waals surface area contributed by atoms with Crippen LogP contribution in [0.15, 0.2) is 18.2 Å². The molecule has 0 saturated carbocycles. The van der Waals surface area contributed by atoms with Gasteiger partial charge in [-0.2, -0.15) is 0 Å². The highest BCUT2D eigenvalue weighted by atomic mass is 35.5. The molecule has 0 radical (unpaired) electrons. The molecule has 0 aliphatic rings. The monoisotopic (exact) mass is 312 g/mol. The van der Waals surface area contributed by atoms with Crippen molar-refractivity contribution in [1.29, 1.82) is 0 Å². The number of methoxy groups -OCH3 is 1. The second kappa shape index (κ2) is 7.31. The molecule has 0 fully saturated rings. The Kier molecular flexibility index (Phi) is 6.03. The van der Waals surface area contributed by atoms with Gasteiger partial charge in [-0.15, -0.1) is 0 Å². The normalized spacial score (nSPS) is 10.9. The summed E-state index contributed by atoms with van der Waals surface area (Å²) in [5, 5.41) is 5.93. The number of ether oxygens (including phenoxy) is 1. The third-order valence-corrected chi connectivity index (χ3v) is 3.02. The Morgan fingerprint density at radius 3 is 2.38 bits per heavy atom. The van der Waals surface area contributed by atoms with Gasteiger partial charge in [-0.25, -0.2) is 0 Å². The molecule has 1 aromatic rings. The molecule has 2 N–H and O–H groups in total. The number of nitrogens with one attached hydrogen (secondary N) is 2. The minimum atomic E-state index is -0.444. The second-order valence-electron chi connectivity index (χ2n) is 5.61. The van der Waals surface area contributed by atoms with E-state index in [1.165, 1.54) is 7.11 Å². The van der Waals surface area contributed by atoms with Crippen LogP contribution in [-0.4, -0.2) is 32.0 Å². The molecule has 0 heterocycles. The van der Waals surface area contributed by atoms with Crippen LogP contribution in [0, 0.1) is 5.41 Å². The first-order chi connectivity index (χ1) is 9.75. The first-order valence-corrected chi connectivity index (χ1v) is 7.03. The maximum absolute atomic E-state index is 12.1. The summed E-state index contributed by atoms with van der Waals surface area (Å²) in [7, 11) is 1.49. The molecule has 116 valence electrons. The molecule has 0 aromatic heterocycles. The number of carbonyl (C=O) groups is 2.